The second-order valence-electron chi connectivity index (χ2n) is 10.7. The molecule has 0 radical (unpaired) electrons. The molecule has 0 saturated heterocycles. The maximum atomic E-state index is 3.81. The van der Waals surface area contributed by atoms with Crippen LogP contribution in [0.3, 0.4) is 0 Å². The first-order valence-corrected chi connectivity index (χ1v) is 15.7. The Kier molecular flexibility index (Phi) is 5.06. The number of nitrogens with one attached hydrogen (secondary N) is 1. The van der Waals surface area contributed by atoms with E-state index in [1.54, 1.807) is 22.7 Å². The normalized spacial score (nSPS) is 13.7. The molecular weight excluding hydrogens is 539 g/mol. The first-order chi connectivity index (χ1) is 20.3. The van der Waals surface area contributed by atoms with E-state index in [0.29, 0.717) is 0 Å². The van der Waals surface area contributed by atoms with E-state index < -0.39 is 0 Å². The molecule has 1 aliphatic rings. The second-order valence-corrected chi connectivity index (χ2v) is 12.6. The summed E-state index contributed by atoms with van der Waals surface area (Å²) in [4.78, 5) is 6.17. The van der Waals surface area contributed by atoms with Gasteiger partial charge in [-0.25, -0.2) is 0 Å². The average Bonchev–Trinajstić information content (AvgIpc) is 3.80. The maximum absolute atomic E-state index is 3.81. The van der Waals surface area contributed by atoms with Gasteiger partial charge in [0.1, 0.15) is 0 Å². The molecule has 0 fully saturated rings. The van der Waals surface area contributed by atoms with Gasteiger partial charge in [0.05, 0.1) is 16.6 Å². The zero-order valence-corrected chi connectivity index (χ0v) is 23.8. The van der Waals surface area contributed by atoms with Crippen LogP contribution in [-0.2, 0) is 0 Å². The van der Waals surface area contributed by atoms with E-state index in [2.05, 4.69) is 134 Å². The van der Waals surface area contributed by atoms with Crippen LogP contribution in [-0.4, -0.2) is 9.55 Å². The summed E-state index contributed by atoms with van der Waals surface area (Å²) < 4.78 is 5.09. The van der Waals surface area contributed by atoms with Gasteiger partial charge >= 0.3 is 0 Å². The summed E-state index contributed by atoms with van der Waals surface area (Å²) in [6.07, 6.45) is 9.02. The van der Waals surface area contributed by atoms with Crippen molar-refractivity contribution in [2.75, 3.05) is 4.90 Å². The molecule has 0 atom stereocenters. The van der Waals surface area contributed by atoms with Gasteiger partial charge in [0.15, 0.2) is 0 Å². The zero-order valence-electron chi connectivity index (χ0n) is 22.2. The average molecular weight is 564 g/mol. The molecule has 9 rings (SSSR count). The molecule has 4 aromatic heterocycles. The van der Waals surface area contributed by atoms with Gasteiger partial charge in [0.25, 0.3) is 0 Å². The van der Waals surface area contributed by atoms with Crippen LogP contribution in [0.15, 0.2) is 126 Å². The highest BCUT2D eigenvalue weighted by molar-refractivity contribution is 7.17. The number of H-pyrrole nitrogens is 1. The predicted molar refractivity (Wildman–Crippen MR) is 178 cm³/mol. The zero-order chi connectivity index (χ0) is 26.9. The first-order valence-electron chi connectivity index (χ1n) is 14.0. The minimum atomic E-state index is 1.07. The monoisotopic (exact) mass is 563 g/mol. The Balaban J connectivity index is 1.28. The molecule has 0 bridgehead atoms. The fourth-order valence-electron chi connectivity index (χ4n) is 6.38. The molecule has 8 aromatic rings. The highest BCUT2D eigenvalue weighted by Gasteiger charge is 2.20. The van der Waals surface area contributed by atoms with Gasteiger partial charge < -0.3 is 14.5 Å². The number of nitrogens with zero attached hydrogens (tertiary/aromatic N) is 2. The van der Waals surface area contributed by atoms with Crippen LogP contribution in [0, 0.1) is 0 Å². The van der Waals surface area contributed by atoms with Crippen LogP contribution in [0.25, 0.3) is 58.7 Å². The van der Waals surface area contributed by atoms with E-state index in [9.17, 15) is 0 Å². The Hall–Kier alpha value is -4.58. The summed E-state index contributed by atoms with van der Waals surface area (Å²) in [6.45, 7) is 0. The lowest BCUT2D eigenvalue weighted by molar-refractivity contribution is 0.997. The molecule has 1 N–H and O–H groups in total. The third kappa shape index (κ3) is 3.56. The molecule has 0 amide bonds. The van der Waals surface area contributed by atoms with E-state index in [4.69, 9.17) is 0 Å². The minimum Gasteiger partial charge on any atom is -0.353 e. The fourth-order valence-corrected chi connectivity index (χ4v) is 8.00. The number of aromatic amines is 1. The van der Waals surface area contributed by atoms with Crippen LogP contribution in [0.4, 0.5) is 11.4 Å². The van der Waals surface area contributed by atoms with Crippen molar-refractivity contribution in [1.29, 1.82) is 0 Å². The molecule has 0 spiro atoms. The minimum absolute atomic E-state index is 1.07. The lowest BCUT2D eigenvalue weighted by Gasteiger charge is -2.27. The Morgan fingerprint density at radius 1 is 0.707 bits per heavy atom. The van der Waals surface area contributed by atoms with Gasteiger partial charge in [-0.05, 0) is 113 Å². The Bertz CT molecular complexity index is 2300. The first kappa shape index (κ1) is 23.2. The summed E-state index contributed by atoms with van der Waals surface area (Å²) >= 11 is 3.61. The third-order valence-electron chi connectivity index (χ3n) is 8.26. The highest BCUT2D eigenvalue weighted by Crippen LogP contribution is 2.41. The van der Waals surface area contributed by atoms with Crippen molar-refractivity contribution in [3.63, 3.8) is 0 Å². The number of para-hydroxylation sites is 1. The lowest BCUT2D eigenvalue weighted by Crippen LogP contribution is -2.16. The molecule has 1 aliphatic carbocycles. The van der Waals surface area contributed by atoms with Crippen molar-refractivity contribution in [2.24, 2.45) is 0 Å². The molecule has 41 heavy (non-hydrogen) atoms. The predicted octanol–water partition coefficient (Wildman–Crippen LogP) is 11.1. The number of fused-ring (bicyclic) bond motifs is 7. The molecule has 4 heterocycles. The van der Waals surface area contributed by atoms with Crippen LogP contribution in [0.1, 0.15) is 12.8 Å². The molecule has 0 unspecified atom stereocenters. The molecule has 3 nitrogen and oxygen atoms in total. The molecule has 196 valence electrons. The number of hydrogen-bond acceptors (Lipinski definition) is 3. The van der Waals surface area contributed by atoms with Crippen molar-refractivity contribution in [2.45, 2.75) is 12.8 Å². The smallest absolute Gasteiger partial charge is 0.0798 e. The van der Waals surface area contributed by atoms with Crippen LogP contribution in [0.5, 0.6) is 0 Å². The van der Waals surface area contributed by atoms with Gasteiger partial charge in [-0.3, -0.25) is 0 Å². The van der Waals surface area contributed by atoms with Crippen LogP contribution >= 0.6 is 22.7 Å². The molecule has 0 saturated carbocycles. The van der Waals surface area contributed by atoms with E-state index >= 15 is 0 Å². The van der Waals surface area contributed by atoms with Crippen LogP contribution in [0.2, 0.25) is 0 Å². The summed E-state index contributed by atoms with van der Waals surface area (Å²) in [5.41, 5.74) is 9.58. The molecule has 4 aromatic carbocycles. The SMILES string of the molecule is C1=CC(N(c2ccccc2)c2ccc(-n3c4cc5ccsc5cc4c4[nH]c5cc6ccsc6cc5c43)cc2)=CCC1. The topological polar surface area (TPSA) is 24.0 Å². The number of anilines is 2. The van der Waals surface area contributed by atoms with Gasteiger partial charge in [-0.1, -0.05) is 30.4 Å². The Labute approximate surface area is 244 Å². The highest BCUT2D eigenvalue weighted by atomic mass is 32.1. The van der Waals surface area contributed by atoms with E-state index in [1.165, 1.54) is 64.4 Å². The van der Waals surface area contributed by atoms with Gasteiger partial charge in [-0.2, -0.15) is 0 Å². The summed E-state index contributed by atoms with van der Waals surface area (Å²) in [7, 11) is 0. The van der Waals surface area contributed by atoms with Crippen molar-refractivity contribution in [3.8, 4) is 5.69 Å². The Morgan fingerprint density at radius 3 is 2.20 bits per heavy atom. The van der Waals surface area contributed by atoms with E-state index in [0.717, 1.165) is 24.2 Å². The number of rotatable bonds is 4. The second kappa shape index (κ2) is 8.96. The molecule has 0 aliphatic heterocycles. The number of benzene rings is 4. The number of hydrogen-bond donors (Lipinski definition) is 1. The largest absolute Gasteiger partial charge is 0.353 e. The van der Waals surface area contributed by atoms with E-state index in [1.807, 2.05) is 0 Å². The third-order valence-corrected chi connectivity index (χ3v) is 10.0. The van der Waals surface area contributed by atoms with Crippen LogP contribution < -0.4 is 4.90 Å². The lowest BCUT2D eigenvalue weighted by atomic mass is 10.1. The summed E-state index contributed by atoms with van der Waals surface area (Å²) in [5.74, 6) is 0. The molecule has 5 heteroatoms. The van der Waals surface area contributed by atoms with Gasteiger partial charge in [-0.15, -0.1) is 22.7 Å². The fraction of sp³-hybridized carbons (Fsp3) is 0.0556. The van der Waals surface area contributed by atoms with Crippen molar-refractivity contribution >= 4 is 87.1 Å². The standard InChI is InChI=1S/C36H25N3S2/c1-3-7-25(8-4-1)38(26-9-5-2-6-10-26)27-11-13-28(14-12-27)39-32-20-24-16-18-41-34(24)22-30(32)35-36(39)29-21-33-23(15-17-40-33)19-31(29)37-35/h1,3-5,7-22,37H,2,6H2. The summed E-state index contributed by atoms with van der Waals surface area (Å²) in [5, 5.41) is 9.48. The number of aromatic nitrogens is 2. The maximum Gasteiger partial charge on any atom is 0.0798 e. The van der Waals surface area contributed by atoms with Gasteiger partial charge in [0.2, 0.25) is 0 Å². The van der Waals surface area contributed by atoms with Crippen molar-refractivity contribution in [3.05, 3.63) is 126 Å². The van der Waals surface area contributed by atoms with Crippen molar-refractivity contribution < 1.29 is 0 Å². The van der Waals surface area contributed by atoms with Crippen molar-refractivity contribution in [1.82, 2.24) is 9.55 Å². The van der Waals surface area contributed by atoms with E-state index in [-0.39, 0.29) is 0 Å². The molecular formula is C36H25N3S2. The summed E-state index contributed by atoms with van der Waals surface area (Å²) in [6, 6.07) is 33.6. The van der Waals surface area contributed by atoms with Gasteiger partial charge in [0, 0.05) is 48.4 Å². The Morgan fingerprint density at radius 2 is 1.44 bits per heavy atom. The quantitative estimate of drug-likeness (QED) is 0.226. The number of thiophene rings is 2. The number of allylic oxidation sites excluding steroid dienone is 3.